The number of hydrogen-bond donors (Lipinski definition) is 3. The first-order valence-electron chi connectivity index (χ1n) is 5.53. The summed E-state index contributed by atoms with van der Waals surface area (Å²) in [5.41, 5.74) is 6.73. The quantitative estimate of drug-likeness (QED) is 0.629. The van der Waals surface area contributed by atoms with Gasteiger partial charge in [-0.05, 0) is 13.0 Å². The number of nitrogen functional groups attached to an aromatic ring is 1. The van der Waals surface area contributed by atoms with Crippen molar-refractivity contribution in [2.75, 3.05) is 18.8 Å². The van der Waals surface area contributed by atoms with Crippen LogP contribution in [-0.4, -0.2) is 29.5 Å². The summed E-state index contributed by atoms with van der Waals surface area (Å²) in [6.45, 7) is 4.88. The molecule has 0 radical (unpaired) electrons. The predicted molar refractivity (Wildman–Crippen MR) is 65.5 cm³/mol. The Kier molecular flexibility index (Phi) is 4.56. The number of aromatic nitrogens is 1. The predicted octanol–water partition coefficient (Wildman–Crippen LogP) is -0.0439. The molecule has 0 aliphatic rings. The van der Waals surface area contributed by atoms with Crippen molar-refractivity contribution < 1.29 is 9.59 Å². The number of nitrogens with one attached hydrogen (secondary N) is 2. The highest BCUT2D eigenvalue weighted by Crippen LogP contribution is 2.09. The van der Waals surface area contributed by atoms with Crippen LogP contribution in [-0.2, 0) is 11.3 Å². The van der Waals surface area contributed by atoms with Gasteiger partial charge in [-0.2, -0.15) is 0 Å². The first-order chi connectivity index (χ1) is 8.04. The van der Waals surface area contributed by atoms with Gasteiger partial charge in [-0.15, -0.1) is 0 Å². The SMILES string of the molecule is CCn1cc(N)cc1C(=O)NCCNC(C)=O. The number of amides is 2. The summed E-state index contributed by atoms with van der Waals surface area (Å²) in [5, 5.41) is 5.31. The van der Waals surface area contributed by atoms with Crippen LogP contribution in [0.5, 0.6) is 0 Å². The van der Waals surface area contributed by atoms with Crippen LogP contribution >= 0.6 is 0 Å². The summed E-state index contributed by atoms with van der Waals surface area (Å²) in [5.74, 6) is -0.297. The molecule has 0 aliphatic carbocycles. The molecule has 4 N–H and O–H groups in total. The van der Waals surface area contributed by atoms with E-state index in [0.717, 1.165) is 0 Å². The largest absolute Gasteiger partial charge is 0.397 e. The first-order valence-corrected chi connectivity index (χ1v) is 5.53. The molecule has 0 fully saturated rings. The number of rotatable bonds is 5. The number of aryl methyl sites for hydroxylation is 1. The summed E-state index contributed by atoms with van der Waals surface area (Å²) in [6.07, 6.45) is 1.72. The van der Waals surface area contributed by atoms with Crippen LogP contribution in [0.2, 0.25) is 0 Å². The van der Waals surface area contributed by atoms with Gasteiger partial charge in [-0.25, -0.2) is 0 Å². The third-order valence-electron chi connectivity index (χ3n) is 2.28. The average molecular weight is 238 g/mol. The van der Waals surface area contributed by atoms with Gasteiger partial charge in [0.25, 0.3) is 5.91 Å². The molecule has 6 nitrogen and oxygen atoms in total. The molecule has 0 atom stereocenters. The molecule has 1 aromatic heterocycles. The molecular formula is C11H18N4O2. The fourth-order valence-corrected chi connectivity index (χ4v) is 1.49. The van der Waals surface area contributed by atoms with Gasteiger partial charge >= 0.3 is 0 Å². The lowest BCUT2D eigenvalue weighted by molar-refractivity contribution is -0.118. The van der Waals surface area contributed by atoms with E-state index in [4.69, 9.17) is 5.73 Å². The second kappa shape index (κ2) is 5.93. The van der Waals surface area contributed by atoms with E-state index in [1.165, 1.54) is 6.92 Å². The molecule has 1 heterocycles. The Hall–Kier alpha value is -1.98. The highest BCUT2D eigenvalue weighted by atomic mass is 16.2. The number of carbonyl (C=O) groups is 2. The topological polar surface area (TPSA) is 89.2 Å². The third kappa shape index (κ3) is 3.82. The molecule has 6 heteroatoms. The molecule has 0 saturated heterocycles. The molecule has 94 valence electrons. The van der Waals surface area contributed by atoms with Crippen molar-refractivity contribution >= 4 is 17.5 Å². The van der Waals surface area contributed by atoms with Gasteiger partial charge in [0.15, 0.2) is 0 Å². The maximum Gasteiger partial charge on any atom is 0.268 e. The van der Waals surface area contributed by atoms with Gasteiger partial charge in [0.1, 0.15) is 5.69 Å². The van der Waals surface area contributed by atoms with E-state index in [1.54, 1.807) is 16.8 Å². The van der Waals surface area contributed by atoms with Crippen LogP contribution in [0, 0.1) is 0 Å². The highest BCUT2D eigenvalue weighted by molar-refractivity contribution is 5.93. The Morgan fingerprint density at radius 1 is 1.35 bits per heavy atom. The summed E-state index contributed by atoms with van der Waals surface area (Å²) < 4.78 is 1.78. The van der Waals surface area contributed by atoms with Crippen molar-refractivity contribution in [1.29, 1.82) is 0 Å². The van der Waals surface area contributed by atoms with Crippen molar-refractivity contribution in [2.24, 2.45) is 0 Å². The molecule has 0 bridgehead atoms. The monoisotopic (exact) mass is 238 g/mol. The van der Waals surface area contributed by atoms with Gasteiger partial charge in [-0.3, -0.25) is 9.59 Å². The summed E-state index contributed by atoms with van der Waals surface area (Å²) in [4.78, 5) is 22.4. The van der Waals surface area contributed by atoms with E-state index in [0.29, 0.717) is 31.0 Å². The molecule has 1 aromatic rings. The molecule has 0 aliphatic heterocycles. The van der Waals surface area contributed by atoms with Crippen molar-refractivity contribution in [1.82, 2.24) is 15.2 Å². The zero-order valence-electron chi connectivity index (χ0n) is 10.1. The maximum atomic E-state index is 11.8. The van der Waals surface area contributed by atoms with Crippen molar-refractivity contribution in [3.63, 3.8) is 0 Å². The molecule has 0 spiro atoms. The molecule has 17 heavy (non-hydrogen) atoms. The number of nitrogens with zero attached hydrogens (tertiary/aromatic N) is 1. The van der Waals surface area contributed by atoms with E-state index < -0.39 is 0 Å². The van der Waals surface area contributed by atoms with Crippen molar-refractivity contribution in [3.8, 4) is 0 Å². The number of carbonyl (C=O) groups excluding carboxylic acids is 2. The highest BCUT2D eigenvalue weighted by Gasteiger charge is 2.11. The normalized spacial score (nSPS) is 10.0. The van der Waals surface area contributed by atoms with E-state index >= 15 is 0 Å². The summed E-state index contributed by atoms with van der Waals surface area (Å²) >= 11 is 0. The Balaban J connectivity index is 2.49. The van der Waals surface area contributed by atoms with Crippen molar-refractivity contribution in [2.45, 2.75) is 20.4 Å². The third-order valence-corrected chi connectivity index (χ3v) is 2.28. The Morgan fingerprint density at radius 2 is 2.00 bits per heavy atom. The minimum Gasteiger partial charge on any atom is -0.397 e. The molecule has 0 saturated carbocycles. The standard InChI is InChI=1S/C11H18N4O2/c1-3-15-7-9(12)6-10(15)11(17)14-5-4-13-8(2)16/h6-7H,3-5,12H2,1-2H3,(H,13,16)(H,14,17). The summed E-state index contributed by atoms with van der Waals surface area (Å²) in [7, 11) is 0. The Bertz CT molecular complexity index is 412. The molecule has 2 amide bonds. The maximum absolute atomic E-state index is 11.8. The fraction of sp³-hybridized carbons (Fsp3) is 0.455. The van der Waals surface area contributed by atoms with Crippen LogP contribution in [0.1, 0.15) is 24.3 Å². The van der Waals surface area contributed by atoms with E-state index in [1.807, 2.05) is 6.92 Å². The van der Waals surface area contributed by atoms with Gasteiger partial charge in [0.2, 0.25) is 5.91 Å². The molecule has 0 unspecified atom stereocenters. The van der Waals surface area contributed by atoms with Crippen molar-refractivity contribution in [3.05, 3.63) is 18.0 Å². The smallest absolute Gasteiger partial charge is 0.268 e. The lowest BCUT2D eigenvalue weighted by atomic mass is 10.3. The molecular weight excluding hydrogens is 220 g/mol. The van der Waals surface area contributed by atoms with Crippen LogP contribution in [0.4, 0.5) is 5.69 Å². The molecule has 0 aromatic carbocycles. The second-order valence-electron chi connectivity index (χ2n) is 3.68. The minimum absolute atomic E-state index is 0.111. The van der Waals surface area contributed by atoms with E-state index in [9.17, 15) is 9.59 Å². The van der Waals surface area contributed by atoms with E-state index in [2.05, 4.69) is 10.6 Å². The minimum atomic E-state index is -0.186. The zero-order chi connectivity index (χ0) is 12.8. The van der Waals surface area contributed by atoms with Crippen LogP contribution < -0.4 is 16.4 Å². The first kappa shape index (κ1) is 13.1. The van der Waals surface area contributed by atoms with Crippen LogP contribution in [0.25, 0.3) is 0 Å². The summed E-state index contributed by atoms with van der Waals surface area (Å²) in [6, 6.07) is 1.64. The lowest BCUT2D eigenvalue weighted by Gasteiger charge is -2.07. The van der Waals surface area contributed by atoms with Crippen LogP contribution in [0.3, 0.4) is 0 Å². The van der Waals surface area contributed by atoms with Crippen LogP contribution in [0.15, 0.2) is 12.3 Å². The van der Waals surface area contributed by atoms with Gasteiger partial charge in [-0.1, -0.05) is 0 Å². The Morgan fingerprint density at radius 3 is 2.59 bits per heavy atom. The van der Waals surface area contributed by atoms with E-state index in [-0.39, 0.29) is 11.8 Å². The lowest BCUT2D eigenvalue weighted by Crippen LogP contribution is -2.34. The number of nitrogens with two attached hydrogens (primary N) is 1. The second-order valence-corrected chi connectivity index (χ2v) is 3.68. The Labute approximate surface area is 100 Å². The zero-order valence-corrected chi connectivity index (χ0v) is 10.1. The van der Waals surface area contributed by atoms with Gasteiger partial charge in [0, 0.05) is 32.8 Å². The number of hydrogen-bond acceptors (Lipinski definition) is 3. The average Bonchev–Trinajstić information content (AvgIpc) is 2.65. The van der Waals surface area contributed by atoms with Gasteiger partial charge in [0.05, 0.1) is 5.69 Å². The molecule has 1 rings (SSSR count). The fourth-order valence-electron chi connectivity index (χ4n) is 1.49. The number of anilines is 1. The van der Waals surface area contributed by atoms with Gasteiger partial charge < -0.3 is 20.9 Å².